The third-order valence-electron chi connectivity index (χ3n) is 4.45. The summed E-state index contributed by atoms with van der Waals surface area (Å²) in [6.45, 7) is 0. The van der Waals surface area contributed by atoms with Crippen molar-refractivity contribution >= 4 is 5.91 Å². The van der Waals surface area contributed by atoms with Crippen LogP contribution in [0, 0.1) is 0 Å². The highest BCUT2D eigenvalue weighted by atomic mass is 16.6. The van der Waals surface area contributed by atoms with Crippen molar-refractivity contribution in [2.45, 2.75) is 25.3 Å². The van der Waals surface area contributed by atoms with E-state index >= 15 is 0 Å². The molecule has 0 radical (unpaired) electrons. The van der Waals surface area contributed by atoms with Gasteiger partial charge in [0.25, 0.3) is 11.9 Å². The number of nitrogens with zero attached hydrogens (tertiary/aromatic N) is 2. The molecule has 1 amide bonds. The molecule has 1 aromatic carbocycles. The molecule has 1 aliphatic carbocycles. The number of rotatable bonds is 4. The van der Waals surface area contributed by atoms with Gasteiger partial charge in [-0.2, -0.15) is 5.10 Å². The molecule has 1 aliphatic rings. The van der Waals surface area contributed by atoms with Gasteiger partial charge in [-0.25, -0.2) is 0 Å². The minimum atomic E-state index is -0.246. The summed E-state index contributed by atoms with van der Waals surface area (Å²) < 4.78 is 13.0. The van der Waals surface area contributed by atoms with Crippen molar-refractivity contribution in [3.63, 3.8) is 0 Å². The molecular weight excluding hydrogens is 318 g/mol. The predicted molar refractivity (Wildman–Crippen MR) is 91.6 cm³/mol. The Bertz CT molecular complexity index is 882. The van der Waals surface area contributed by atoms with Crippen LogP contribution in [0.2, 0.25) is 0 Å². The van der Waals surface area contributed by atoms with Crippen LogP contribution in [0.1, 0.15) is 40.7 Å². The molecule has 0 aliphatic heterocycles. The number of ether oxygens (including phenoxy) is 1. The van der Waals surface area contributed by atoms with E-state index in [1.165, 1.54) is 5.69 Å². The van der Waals surface area contributed by atoms with Crippen LogP contribution in [0.15, 0.2) is 53.1 Å². The lowest BCUT2D eigenvalue weighted by molar-refractivity contribution is 0.0899. The average Bonchev–Trinajstić information content (AvgIpc) is 3.24. The van der Waals surface area contributed by atoms with Gasteiger partial charge in [0.1, 0.15) is 5.75 Å². The third kappa shape index (κ3) is 3.15. The van der Waals surface area contributed by atoms with E-state index in [9.17, 15) is 4.79 Å². The van der Waals surface area contributed by atoms with E-state index in [0.717, 1.165) is 24.8 Å². The molecular formula is C19H19N3O3. The van der Waals surface area contributed by atoms with E-state index in [2.05, 4.69) is 10.4 Å². The number of amides is 1. The monoisotopic (exact) mass is 337 g/mol. The highest BCUT2D eigenvalue weighted by Crippen LogP contribution is 2.30. The Hall–Kier alpha value is -3.02. The molecule has 3 aromatic rings. The zero-order valence-electron chi connectivity index (χ0n) is 13.9. The van der Waals surface area contributed by atoms with Crippen molar-refractivity contribution in [1.82, 2.24) is 15.1 Å². The van der Waals surface area contributed by atoms with Crippen LogP contribution in [-0.2, 0) is 13.5 Å². The highest BCUT2D eigenvalue weighted by molar-refractivity contribution is 5.91. The molecule has 2 aromatic heterocycles. The number of carbonyl (C=O) groups excluding carboxylic acids is 1. The molecule has 1 atom stereocenters. The lowest BCUT2D eigenvalue weighted by atomic mass is 9.93. The smallest absolute Gasteiger partial charge is 0.290 e. The van der Waals surface area contributed by atoms with Crippen LogP contribution in [0.5, 0.6) is 11.7 Å². The second-order valence-corrected chi connectivity index (χ2v) is 6.12. The molecule has 0 saturated heterocycles. The Balaban J connectivity index is 1.46. The Morgan fingerprint density at radius 1 is 1.28 bits per heavy atom. The lowest BCUT2D eigenvalue weighted by Crippen LogP contribution is -2.30. The van der Waals surface area contributed by atoms with Crippen LogP contribution < -0.4 is 10.1 Å². The Kier molecular flexibility index (Phi) is 4.01. The second kappa shape index (κ2) is 6.47. The summed E-state index contributed by atoms with van der Waals surface area (Å²) in [5.41, 5.74) is 2.28. The van der Waals surface area contributed by atoms with Crippen molar-refractivity contribution < 1.29 is 13.9 Å². The summed E-state index contributed by atoms with van der Waals surface area (Å²) in [7, 11) is 1.93. The van der Waals surface area contributed by atoms with Gasteiger partial charge in [0.05, 0.1) is 12.2 Å². The number of hydrogen-bond acceptors (Lipinski definition) is 4. The standard InChI is InChI=1S/C19H19N3O3/c1-22-16-9-5-8-15(14(16)12-20-22)21-19(23)17-10-11-18(25-17)24-13-6-3-2-4-7-13/h2-4,6-7,10-12,15H,5,8-9H2,1H3,(H,21,23)/t15-/m0/s1. The normalized spacial score (nSPS) is 16.3. The fourth-order valence-electron chi connectivity index (χ4n) is 3.19. The number of furan rings is 1. The number of carbonyl (C=O) groups is 1. The maximum absolute atomic E-state index is 12.5. The van der Waals surface area contributed by atoms with Crippen LogP contribution in [0.3, 0.4) is 0 Å². The highest BCUT2D eigenvalue weighted by Gasteiger charge is 2.26. The van der Waals surface area contributed by atoms with Crippen LogP contribution in [0.25, 0.3) is 0 Å². The molecule has 0 spiro atoms. The van der Waals surface area contributed by atoms with Crippen molar-refractivity contribution in [1.29, 1.82) is 0 Å². The molecule has 0 saturated carbocycles. The van der Waals surface area contributed by atoms with E-state index in [1.807, 2.05) is 48.3 Å². The molecule has 1 N–H and O–H groups in total. The van der Waals surface area contributed by atoms with Crippen LogP contribution in [-0.4, -0.2) is 15.7 Å². The van der Waals surface area contributed by atoms with Gasteiger partial charge >= 0.3 is 0 Å². The van der Waals surface area contributed by atoms with Crippen molar-refractivity contribution in [2.75, 3.05) is 0 Å². The van der Waals surface area contributed by atoms with Gasteiger partial charge < -0.3 is 14.5 Å². The summed E-state index contributed by atoms with van der Waals surface area (Å²) >= 11 is 0. The Labute approximate surface area is 145 Å². The minimum Gasteiger partial charge on any atom is -0.426 e. The van der Waals surface area contributed by atoms with Crippen LogP contribution in [0.4, 0.5) is 0 Å². The van der Waals surface area contributed by atoms with E-state index < -0.39 is 0 Å². The predicted octanol–water partition coefficient (Wildman–Crippen LogP) is 3.61. The zero-order valence-corrected chi connectivity index (χ0v) is 13.9. The number of aromatic nitrogens is 2. The average molecular weight is 337 g/mol. The summed E-state index contributed by atoms with van der Waals surface area (Å²) in [6, 6.07) is 12.6. The van der Waals surface area contributed by atoms with Gasteiger partial charge in [-0.15, -0.1) is 0 Å². The van der Waals surface area contributed by atoms with E-state index in [0.29, 0.717) is 11.7 Å². The fraction of sp³-hybridized carbons (Fsp3) is 0.263. The molecule has 25 heavy (non-hydrogen) atoms. The number of hydrogen-bond donors (Lipinski definition) is 1. The first kappa shape index (κ1) is 15.5. The SMILES string of the molecule is Cn1ncc2c1CCC[C@@H]2NC(=O)c1ccc(Oc2ccccc2)o1. The lowest BCUT2D eigenvalue weighted by Gasteiger charge is -2.23. The van der Waals surface area contributed by atoms with Gasteiger partial charge in [-0.05, 0) is 37.5 Å². The van der Waals surface area contributed by atoms with Crippen molar-refractivity contribution in [2.24, 2.45) is 7.05 Å². The number of para-hydroxylation sites is 1. The molecule has 6 heteroatoms. The van der Waals surface area contributed by atoms with E-state index in [-0.39, 0.29) is 17.7 Å². The Morgan fingerprint density at radius 3 is 2.96 bits per heavy atom. The Morgan fingerprint density at radius 2 is 2.12 bits per heavy atom. The molecule has 4 rings (SSSR count). The summed E-state index contributed by atoms with van der Waals surface area (Å²) in [5.74, 6) is 0.949. The minimum absolute atomic E-state index is 0.0338. The maximum atomic E-state index is 12.5. The largest absolute Gasteiger partial charge is 0.426 e. The first-order chi connectivity index (χ1) is 12.2. The summed E-state index contributed by atoms with van der Waals surface area (Å²) in [6.07, 6.45) is 4.76. The maximum Gasteiger partial charge on any atom is 0.290 e. The number of fused-ring (bicyclic) bond motifs is 1. The third-order valence-corrected chi connectivity index (χ3v) is 4.45. The first-order valence-corrected chi connectivity index (χ1v) is 8.35. The van der Waals surface area contributed by atoms with Crippen LogP contribution >= 0.6 is 0 Å². The molecule has 6 nitrogen and oxygen atoms in total. The van der Waals surface area contributed by atoms with Gasteiger partial charge in [0, 0.05) is 24.4 Å². The molecule has 0 fully saturated rings. The number of aryl methyl sites for hydroxylation is 1. The second-order valence-electron chi connectivity index (χ2n) is 6.12. The van der Waals surface area contributed by atoms with Gasteiger partial charge in [-0.3, -0.25) is 9.48 Å². The molecule has 0 bridgehead atoms. The fourth-order valence-corrected chi connectivity index (χ4v) is 3.19. The molecule has 128 valence electrons. The summed E-state index contributed by atoms with van der Waals surface area (Å²) in [4.78, 5) is 12.5. The van der Waals surface area contributed by atoms with Crippen molar-refractivity contribution in [3.05, 3.63) is 65.7 Å². The topological polar surface area (TPSA) is 69.3 Å². The van der Waals surface area contributed by atoms with E-state index in [4.69, 9.17) is 9.15 Å². The molecule has 2 heterocycles. The number of nitrogens with one attached hydrogen (secondary N) is 1. The quantitative estimate of drug-likeness (QED) is 0.789. The van der Waals surface area contributed by atoms with Crippen molar-refractivity contribution in [3.8, 4) is 11.7 Å². The van der Waals surface area contributed by atoms with E-state index in [1.54, 1.807) is 12.1 Å². The van der Waals surface area contributed by atoms with Gasteiger partial charge in [-0.1, -0.05) is 18.2 Å². The van der Waals surface area contributed by atoms with Gasteiger partial charge in [0.2, 0.25) is 0 Å². The molecule has 0 unspecified atom stereocenters. The zero-order chi connectivity index (χ0) is 17.2. The van der Waals surface area contributed by atoms with Gasteiger partial charge in [0.15, 0.2) is 5.76 Å². The first-order valence-electron chi connectivity index (χ1n) is 8.35. The summed E-state index contributed by atoms with van der Waals surface area (Å²) in [5, 5.41) is 7.34. The number of benzene rings is 1.